The standard InChI is InChI=1S/C25H21ClF2N4O3S/c1-31-19(30-24-22(31)21(28)23(36-24)25(33)34)12-32-9-7-14(8-10-32)18-3-2-4-20(29-18)35-13-15-5-6-16(26)11-17(15)27/h2-7,11H,8-10,12-13H2,1H3,(H,33,34). The summed E-state index contributed by atoms with van der Waals surface area (Å²) in [5.41, 5.74) is 2.49. The highest BCUT2D eigenvalue weighted by Gasteiger charge is 2.24. The van der Waals surface area contributed by atoms with Gasteiger partial charge in [0.15, 0.2) is 10.7 Å². The van der Waals surface area contributed by atoms with Crippen molar-refractivity contribution in [2.75, 3.05) is 13.1 Å². The molecule has 0 fully saturated rings. The lowest BCUT2D eigenvalue weighted by atomic mass is 10.0. The van der Waals surface area contributed by atoms with Gasteiger partial charge < -0.3 is 14.4 Å². The smallest absolute Gasteiger partial charge is 0.349 e. The maximum absolute atomic E-state index is 14.5. The second-order valence-electron chi connectivity index (χ2n) is 8.39. The molecule has 3 aromatic heterocycles. The van der Waals surface area contributed by atoms with Crippen LogP contribution in [0.1, 0.15) is 33.2 Å². The number of hydrogen-bond donors (Lipinski definition) is 1. The number of halogens is 3. The summed E-state index contributed by atoms with van der Waals surface area (Å²) in [6.45, 7) is 1.95. The summed E-state index contributed by atoms with van der Waals surface area (Å²) in [4.78, 5) is 22.5. The maximum atomic E-state index is 14.5. The van der Waals surface area contributed by atoms with Crippen LogP contribution in [0.4, 0.5) is 8.78 Å². The van der Waals surface area contributed by atoms with Gasteiger partial charge in [-0.25, -0.2) is 23.5 Å². The van der Waals surface area contributed by atoms with E-state index in [1.165, 1.54) is 6.07 Å². The van der Waals surface area contributed by atoms with Gasteiger partial charge in [0.25, 0.3) is 0 Å². The van der Waals surface area contributed by atoms with Crippen LogP contribution >= 0.6 is 22.9 Å². The van der Waals surface area contributed by atoms with E-state index in [0.717, 1.165) is 35.6 Å². The highest BCUT2D eigenvalue weighted by molar-refractivity contribution is 7.20. The number of aryl methyl sites for hydroxylation is 1. The van der Waals surface area contributed by atoms with Crippen molar-refractivity contribution in [1.29, 1.82) is 0 Å². The molecule has 0 bridgehead atoms. The summed E-state index contributed by atoms with van der Waals surface area (Å²) in [5.74, 6) is -1.37. The SMILES string of the molecule is Cn1c(CN2CC=C(c3cccc(OCc4ccc(Cl)cc4F)n3)CC2)nc2sc(C(=O)O)c(F)c21. The maximum Gasteiger partial charge on any atom is 0.349 e. The van der Waals surface area contributed by atoms with Gasteiger partial charge in [0.05, 0.1) is 12.2 Å². The Bertz CT molecular complexity index is 1500. The molecular formula is C25H21ClF2N4O3S. The van der Waals surface area contributed by atoms with E-state index in [1.54, 1.807) is 29.8 Å². The molecule has 186 valence electrons. The molecule has 1 aliphatic rings. The molecule has 4 aromatic rings. The van der Waals surface area contributed by atoms with Crippen LogP contribution < -0.4 is 4.74 Å². The Kier molecular flexibility index (Phi) is 6.74. The Labute approximate surface area is 214 Å². The Hall–Kier alpha value is -3.34. The number of fused-ring (bicyclic) bond motifs is 1. The van der Waals surface area contributed by atoms with Crippen molar-refractivity contribution in [2.24, 2.45) is 7.05 Å². The number of imidazole rings is 1. The molecule has 0 radical (unpaired) electrons. The summed E-state index contributed by atoms with van der Waals surface area (Å²) < 4.78 is 35.8. The third-order valence-electron chi connectivity index (χ3n) is 6.06. The number of aromatic carboxylic acids is 1. The first kappa shape index (κ1) is 24.4. The number of carboxylic acid groups (broad SMARTS) is 1. The first-order valence-electron chi connectivity index (χ1n) is 11.1. The van der Waals surface area contributed by atoms with Crippen molar-refractivity contribution in [2.45, 2.75) is 19.6 Å². The van der Waals surface area contributed by atoms with E-state index in [-0.39, 0.29) is 17.0 Å². The lowest BCUT2D eigenvalue weighted by molar-refractivity contribution is 0.0698. The summed E-state index contributed by atoms with van der Waals surface area (Å²) in [5, 5.41) is 9.46. The van der Waals surface area contributed by atoms with Gasteiger partial charge in [0.2, 0.25) is 5.88 Å². The van der Waals surface area contributed by atoms with Crippen LogP contribution in [-0.4, -0.2) is 43.6 Å². The van der Waals surface area contributed by atoms with Crippen molar-refractivity contribution in [3.63, 3.8) is 0 Å². The minimum Gasteiger partial charge on any atom is -0.477 e. The van der Waals surface area contributed by atoms with Gasteiger partial charge in [0.1, 0.15) is 28.6 Å². The second-order valence-corrected chi connectivity index (χ2v) is 9.83. The molecule has 1 aromatic carbocycles. The van der Waals surface area contributed by atoms with Crippen molar-refractivity contribution in [3.05, 3.63) is 81.1 Å². The number of carboxylic acids is 1. The first-order valence-corrected chi connectivity index (χ1v) is 12.3. The second kappa shape index (κ2) is 9.96. The zero-order chi connectivity index (χ0) is 25.4. The van der Waals surface area contributed by atoms with Crippen molar-refractivity contribution >= 4 is 44.8 Å². The average Bonchev–Trinajstić information content (AvgIpc) is 3.35. The third-order valence-corrected chi connectivity index (χ3v) is 7.33. The zero-order valence-electron chi connectivity index (χ0n) is 19.2. The average molecular weight is 531 g/mol. The molecule has 11 heteroatoms. The summed E-state index contributed by atoms with van der Waals surface area (Å²) >= 11 is 6.65. The van der Waals surface area contributed by atoms with Gasteiger partial charge in [0, 0.05) is 36.8 Å². The van der Waals surface area contributed by atoms with E-state index in [4.69, 9.17) is 21.4 Å². The molecule has 0 unspecified atom stereocenters. The van der Waals surface area contributed by atoms with Gasteiger partial charge in [-0.3, -0.25) is 4.90 Å². The fourth-order valence-corrected chi connectivity index (χ4v) is 5.21. The molecular weight excluding hydrogens is 510 g/mol. The van der Waals surface area contributed by atoms with E-state index >= 15 is 0 Å². The molecule has 1 N–H and O–H groups in total. The number of ether oxygens (including phenoxy) is 1. The normalized spacial score (nSPS) is 14.3. The van der Waals surface area contributed by atoms with Crippen LogP contribution in [-0.2, 0) is 20.2 Å². The number of thiophene rings is 1. The van der Waals surface area contributed by atoms with Crippen LogP contribution in [0.3, 0.4) is 0 Å². The Morgan fingerprint density at radius 1 is 1.25 bits per heavy atom. The Morgan fingerprint density at radius 3 is 2.78 bits per heavy atom. The Morgan fingerprint density at radius 2 is 2.08 bits per heavy atom. The monoisotopic (exact) mass is 530 g/mol. The molecule has 36 heavy (non-hydrogen) atoms. The quantitative estimate of drug-likeness (QED) is 0.338. The molecule has 4 heterocycles. The van der Waals surface area contributed by atoms with E-state index in [2.05, 4.69) is 20.9 Å². The molecule has 0 saturated heterocycles. The molecule has 5 rings (SSSR count). The van der Waals surface area contributed by atoms with E-state index in [9.17, 15) is 13.6 Å². The molecule has 0 aliphatic carbocycles. The van der Waals surface area contributed by atoms with Crippen LogP contribution in [0, 0.1) is 11.6 Å². The molecule has 7 nitrogen and oxygen atoms in total. The van der Waals surface area contributed by atoms with Gasteiger partial charge in [-0.15, -0.1) is 11.3 Å². The number of hydrogen-bond acceptors (Lipinski definition) is 6. The van der Waals surface area contributed by atoms with E-state index < -0.39 is 17.6 Å². The van der Waals surface area contributed by atoms with Gasteiger partial charge in [-0.05, 0) is 30.2 Å². The zero-order valence-corrected chi connectivity index (χ0v) is 20.7. The predicted octanol–water partition coefficient (Wildman–Crippen LogP) is 5.53. The predicted molar refractivity (Wildman–Crippen MR) is 133 cm³/mol. The van der Waals surface area contributed by atoms with Crippen molar-refractivity contribution in [3.8, 4) is 5.88 Å². The third kappa shape index (κ3) is 4.84. The van der Waals surface area contributed by atoms with Crippen LogP contribution in [0.15, 0.2) is 42.5 Å². The lowest BCUT2D eigenvalue weighted by Gasteiger charge is -2.25. The molecule has 0 amide bonds. The summed E-state index contributed by atoms with van der Waals surface area (Å²) in [6, 6.07) is 9.94. The minimum atomic E-state index is -1.29. The van der Waals surface area contributed by atoms with Crippen LogP contribution in [0.25, 0.3) is 15.9 Å². The fraction of sp³-hybridized carbons (Fsp3) is 0.240. The van der Waals surface area contributed by atoms with E-state index in [1.807, 2.05) is 12.1 Å². The van der Waals surface area contributed by atoms with Gasteiger partial charge in [-0.2, -0.15) is 0 Å². The number of carbonyl (C=O) groups is 1. The Balaban J connectivity index is 1.24. The van der Waals surface area contributed by atoms with E-state index in [0.29, 0.717) is 40.2 Å². The number of aromatic nitrogens is 3. The van der Waals surface area contributed by atoms with Crippen LogP contribution in [0.2, 0.25) is 5.02 Å². The lowest BCUT2D eigenvalue weighted by Crippen LogP contribution is -2.29. The highest BCUT2D eigenvalue weighted by Crippen LogP contribution is 2.31. The number of nitrogens with zero attached hydrogens (tertiary/aromatic N) is 4. The number of pyridine rings is 1. The van der Waals surface area contributed by atoms with Gasteiger partial charge >= 0.3 is 5.97 Å². The van der Waals surface area contributed by atoms with Gasteiger partial charge in [-0.1, -0.05) is 29.8 Å². The summed E-state index contributed by atoms with van der Waals surface area (Å²) in [6.07, 6.45) is 2.83. The topological polar surface area (TPSA) is 80.5 Å². The molecule has 0 atom stereocenters. The molecule has 0 saturated carbocycles. The molecule has 1 aliphatic heterocycles. The van der Waals surface area contributed by atoms with Crippen molar-refractivity contribution < 1.29 is 23.4 Å². The number of rotatable bonds is 7. The molecule has 0 spiro atoms. The minimum absolute atomic E-state index is 0.0436. The summed E-state index contributed by atoms with van der Waals surface area (Å²) in [7, 11) is 1.70. The fourth-order valence-electron chi connectivity index (χ4n) is 4.11. The van der Waals surface area contributed by atoms with Crippen molar-refractivity contribution in [1.82, 2.24) is 19.4 Å². The van der Waals surface area contributed by atoms with Crippen LogP contribution in [0.5, 0.6) is 5.88 Å². The first-order chi connectivity index (χ1) is 17.3. The largest absolute Gasteiger partial charge is 0.477 e. The highest BCUT2D eigenvalue weighted by atomic mass is 35.5. The number of benzene rings is 1.